The van der Waals surface area contributed by atoms with Crippen molar-refractivity contribution in [1.29, 1.82) is 0 Å². The first-order valence-corrected chi connectivity index (χ1v) is 6.51. The van der Waals surface area contributed by atoms with Crippen molar-refractivity contribution in [3.8, 4) is 0 Å². The van der Waals surface area contributed by atoms with Crippen LogP contribution >= 0.6 is 11.8 Å². The molecule has 2 amide bonds. The Bertz CT molecular complexity index is 455. The smallest absolute Gasteiger partial charge is 0.288 e. The highest BCUT2D eigenvalue weighted by Gasteiger charge is 2.11. The Kier molecular flexibility index (Phi) is 6.27. The van der Waals surface area contributed by atoms with Crippen molar-refractivity contribution >= 4 is 29.3 Å². The van der Waals surface area contributed by atoms with Gasteiger partial charge in [-0.2, -0.15) is 8.78 Å². The average Bonchev–Trinajstić information content (AvgIpc) is 2.37. The summed E-state index contributed by atoms with van der Waals surface area (Å²) in [6.07, 6.45) is 0.283. The van der Waals surface area contributed by atoms with Crippen molar-refractivity contribution in [1.82, 2.24) is 5.32 Å². The van der Waals surface area contributed by atoms with E-state index in [0.29, 0.717) is 17.4 Å². The van der Waals surface area contributed by atoms with Gasteiger partial charge in [-0.3, -0.25) is 9.59 Å². The number of nitrogens with one attached hydrogen (secondary N) is 2. The van der Waals surface area contributed by atoms with Gasteiger partial charge in [0.25, 0.3) is 5.76 Å². The maximum atomic E-state index is 12.3. The van der Waals surface area contributed by atoms with Crippen LogP contribution in [0.2, 0.25) is 0 Å². The second-order valence-corrected chi connectivity index (χ2v) is 4.58. The predicted octanol–water partition coefficient (Wildman–Crippen LogP) is 2.47. The molecule has 1 aromatic rings. The van der Waals surface area contributed by atoms with E-state index in [0.717, 1.165) is 0 Å². The summed E-state index contributed by atoms with van der Waals surface area (Å²) in [7, 11) is 0. The largest absolute Gasteiger partial charge is 0.347 e. The molecule has 0 fully saturated rings. The average molecular weight is 288 g/mol. The number of hydrogen-bond acceptors (Lipinski definition) is 3. The lowest BCUT2D eigenvalue weighted by molar-refractivity contribution is -0.123. The normalized spacial score (nSPS) is 10.3. The Balaban J connectivity index is 2.61. The number of amides is 2. The standard InChI is InChI=1S/C12H14F2N2O2S/c1-2-10(17)15-7-11(18)16-8-5-3-4-6-9(8)19-12(13)14/h3-6,12H,2,7H2,1H3,(H,15,17)(H,16,18). The van der Waals surface area contributed by atoms with Crippen molar-refractivity contribution in [2.75, 3.05) is 11.9 Å². The van der Waals surface area contributed by atoms with Crippen molar-refractivity contribution in [3.05, 3.63) is 24.3 Å². The fourth-order valence-corrected chi connectivity index (χ4v) is 1.86. The Morgan fingerprint density at radius 3 is 2.58 bits per heavy atom. The van der Waals surface area contributed by atoms with Gasteiger partial charge in [0.05, 0.1) is 12.2 Å². The molecule has 0 aromatic heterocycles. The van der Waals surface area contributed by atoms with Gasteiger partial charge in [0.15, 0.2) is 0 Å². The topological polar surface area (TPSA) is 58.2 Å². The van der Waals surface area contributed by atoms with Crippen LogP contribution in [0.3, 0.4) is 0 Å². The van der Waals surface area contributed by atoms with Gasteiger partial charge in [-0.15, -0.1) is 0 Å². The highest BCUT2D eigenvalue weighted by atomic mass is 32.2. The number of anilines is 1. The van der Waals surface area contributed by atoms with Gasteiger partial charge in [0.2, 0.25) is 11.8 Å². The van der Waals surface area contributed by atoms with Crippen LogP contribution < -0.4 is 10.6 Å². The molecule has 0 unspecified atom stereocenters. The zero-order chi connectivity index (χ0) is 14.3. The molecule has 104 valence electrons. The summed E-state index contributed by atoms with van der Waals surface area (Å²) in [6, 6.07) is 6.27. The summed E-state index contributed by atoms with van der Waals surface area (Å²) in [6.45, 7) is 1.49. The molecule has 0 atom stereocenters. The molecule has 0 aliphatic carbocycles. The van der Waals surface area contributed by atoms with Crippen molar-refractivity contribution in [2.45, 2.75) is 24.0 Å². The van der Waals surface area contributed by atoms with E-state index in [4.69, 9.17) is 0 Å². The number of alkyl halides is 2. The lowest BCUT2D eigenvalue weighted by atomic mass is 10.3. The van der Waals surface area contributed by atoms with Gasteiger partial charge < -0.3 is 10.6 Å². The quantitative estimate of drug-likeness (QED) is 0.791. The molecule has 0 saturated carbocycles. The van der Waals surface area contributed by atoms with Crippen molar-refractivity contribution in [3.63, 3.8) is 0 Å². The van der Waals surface area contributed by atoms with E-state index in [2.05, 4.69) is 10.6 Å². The number of benzene rings is 1. The first kappa shape index (κ1) is 15.4. The Hall–Kier alpha value is -1.63. The molecule has 1 aromatic carbocycles. The van der Waals surface area contributed by atoms with E-state index >= 15 is 0 Å². The third kappa shape index (κ3) is 5.69. The lowest BCUT2D eigenvalue weighted by Crippen LogP contribution is -2.32. The first-order valence-electron chi connectivity index (χ1n) is 5.63. The SMILES string of the molecule is CCC(=O)NCC(=O)Nc1ccccc1SC(F)F. The summed E-state index contributed by atoms with van der Waals surface area (Å²) in [5.41, 5.74) is 0.309. The summed E-state index contributed by atoms with van der Waals surface area (Å²) < 4.78 is 24.7. The number of para-hydroxylation sites is 1. The number of carbonyl (C=O) groups is 2. The molecule has 1 rings (SSSR count). The van der Waals surface area contributed by atoms with Crippen LogP contribution in [0.4, 0.5) is 14.5 Å². The summed E-state index contributed by atoms with van der Waals surface area (Å²) in [5, 5.41) is 4.89. The van der Waals surface area contributed by atoms with Crippen molar-refractivity contribution in [2.24, 2.45) is 0 Å². The van der Waals surface area contributed by atoms with Gasteiger partial charge in [-0.05, 0) is 12.1 Å². The second-order valence-electron chi connectivity index (χ2n) is 3.55. The molecule has 7 heteroatoms. The van der Waals surface area contributed by atoms with Crippen LogP contribution in [0.25, 0.3) is 0 Å². The maximum Gasteiger partial charge on any atom is 0.288 e. The van der Waals surface area contributed by atoms with Gasteiger partial charge in [0, 0.05) is 11.3 Å². The van der Waals surface area contributed by atoms with E-state index in [-0.39, 0.29) is 23.8 Å². The van der Waals surface area contributed by atoms with Gasteiger partial charge in [0.1, 0.15) is 0 Å². The van der Waals surface area contributed by atoms with E-state index in [1.807, 2.05) is 0 Å². The molecule has 0 radical (unpaired) electrons. The number of thioether (sulfide) groups is 1. The zero-order valence-corrected chi connectivity index (χ0v) is 11.1. The van der Waals surface area contributed by atoms with Crippen LogP contribution in [0.15, 0.2) is 29.2 Å². The molecule has 0 heterocycles. The van der Waals surface area contributed by atoms with Crippen LogP contribution in [-0.4, -0.2) is 24.1 Å². The number of carbonyl (C=O) groups excluding carboxylic acids is 2. The monoisotopic (exact) mass is 288 g/mol. The molecule has 4 nitrogen and oxygen atoms in total. The van der Waals surface area contributed by atoms with E-state index in [9.17, 15) is 18.4 Å². The first-order chi connectivity index (χ1) is 9.02. The molecule has 2 N–H and O–H groups in total. The highest BCUT2D eigenvalue weighted by molar-refractivity contribution is 7.99. The summed E-state index contributed by atoms with van der Waals surface area (Å²) in [4.78, 5) is 22.8. The lowest BCUT2D eigenvalue weighted by Gasteiger charge is -2.10. The van der Waals surface area contributed by atoms with Crippen molar-refractivity contribution < 1.29 is 18.4 Å². The minimum absolute atomic E-state index is 0.180. The summed E-state index contributed by atoms with van der Waals surface area (Å²) in [5.74, 6) is -3.26. The molecule has 0 aliphatic rings. The van der Waals surface area contributed by atoms with Gasteiger partial charge >= 0.3 is 0 Å². The molecular formula is C12H14F2N2O2S. The Morgan fingerprint density at radius 2 is 1.95 bits per heavy atom. The number of rotatable bonds is 6. The van der Waals surface area contributed by atoms with E-state index < -0.39 is 11.7 Å². The predicted molar refractivity (Wildman–Crippen MR) is 70.2 cm³/mol. The van der Waals surface area contributed by atoms with Gasteiger partial charge in [-0.1, -0.05) is 30.8 Å². The second kappa shape index (κ2) is 7.73. The molecular weight excluding hydrogens is 274 g/mol. The molecule has 0 aliphatic heterocycles. The van der Waals surface area contributed by atoms with E-state index in [1.54, 1.807) is 19.1 Å². The minimum atomic E-state index is -2.56. The van der Waals surface area contributed by atoms with E-state index in [1.165, 1.54) is 12.1 Å². The van der Waals surface area contributed by atoms with Crippen LogP contribution in [0.5, 0.6) is 0 Å². The van der Waals surface area contributed by atoms with Gasteiger partial charge in [-0.25, -0.2) is 0 Å². The highest BCUT2D eigenvalue weighted by Crippen LogP contribution is 2.31. The molecule has 19 heavy (non-hydrogen) atoms. The Labute approximate surface area is 113 Å². The number of hydrogen-bond donors (Lipinski definition) is 2. The fourth-order valence-electron chi connectivity index (χ4n) is 1.27. The third-order valence-electron chi connectivity index (χ3n) is 2.14. The molecule has 0 bridgehead atoms. The fraction of sp³-hybridized carbons (Fsp3) is 0.333. The zero-order valence-electron chi connectivity index (χ0n) is 10.3. The maximum absolute atomic E-state index is 12.3. The minimum Gasteiger partial charge on any atom is -0.347 e. The molecule has 0 spiro atoms. The molecule has 0 saturated heterocycles. The van der Waals surface area contributed by atoms with Crippen LogP contribution in [0, 0.1) is 0 Å². The summed E-state index contributed by atoms with van der Waals surface area (Å²) >= 11 is 0.361. The van der Waals surface area contributed by atoms with Crippen LogP contribution in [0.1, 0.15) is 13.3 Å². The Morgan fingerprint density at radius 1 is 1.26 bits per heavy atom. The van der Waals surface area contributed by atoms with Crippen LogP contribution in [-0.2, 0) is 9.59 Å². The third-order valence-corrected chi connectivity index (χ3v) is 2.93. The number of halogens is 2.